The number of carbonyl (C=O) groups is 3. The van der Waals surface area contributed by atoms with Crippen LogP contribution in [0.2, 0.25) is 0 Å². The predicted octanol–water partition coefficient (Wildman–Crippen LogP) is 2.38. The molecule has 0 aliphatic carbocycles. The van der Waals surface area contributed by atoms with Gasteiger partial charge in [-0.15, -0.1) is 0 Å². The summed E-state index contributed by atoms with van der Waals surface area (Å²) in [7, 11) is 1.41. The summed E-state index contributed by atoms with van der Waals surface area (Å²) in [5.41, 5.74) is 0.221. The molecule has 3 rings (SSSR count). The Morgan fingerprint density at radius 2 is 2.03 bits per heavy atom. The molecular weight excluding hydrogens is 441 g/mol. The van der Waals surface area contributed by atoms with Crippen LogP contribution in [-0.4, -0.2) is 48.4 Å². The number of fused-ring (bicyclic) bond motifs is 1. The van der Waals surface area contributed by atoms with Crippen LogP contribution in [0.5, 0.6) is 5.75 Å². The zero-order valence-electron chi connectivity index (χ0n) is 19.8. The highest BCUT2D eigenvalue weighted by Crippen LogP contribution is 2.28. The normalized spacial score (nSPS) is 17.5. The quantitative estimate of drug-likeness (QED) is 0.469. The summed E-state index contributed by atoms with van der Waals surface area (Å²) >= 11 is 0. The smallest absolute Gasteiger partial charge is 0.268 e. The Kier molecular flexibility index (Phi) is 7.44. The first-order chi connectivity index (χ1) is 16.0. The van der Waals surface area contributed by atoms with Gasteiger partial charge in [-0.3, -0.25) is 14.4 Å². The van der Waals surface area contributed by atoms with Crippen molar-refractivity contribution < 1.29 is 23.5 Å². The van der Waals surface area contributed by atoms with Crippen LogP contribution in [0.25, 0.3) is 10.9 Å². The molecule has 9 nitrogen and oxygen atoms in total. The number of benzene rings is 1. The number of nitrogens with zero attached hydrogens (tertiary/aromatic N) is 1. The molecule has 1 aliphatic heterocycles. The lowest BCUT2D eigenvalue weighted by molar-refractivity contribution is -0.125. The average Bonchev–Trinajstić information content (AvgIpc) is 3.37. The van der Waals surface area contributed by atoms with Crippen LogP contribution in [0, 0.1) is 28.5 Å². The van der Waals surface area contributed by atoms with Crippen LogP contribution in [0.3, 0.4) is 0 Å². The van der Waals surface area contributed by atoms with E-state index < -0.39 is 29.7 Å². The second kappa shape index (κ2) is 10.1. The van der Waals surface area contributed by atoms with Crippen LogP contribution in [0.15, 0.2) is 18.2 Å². The van der Waals surface area contributed by atoms with E-state index in [1.54, 1.807) is 0 Å². The predicted molar refractivity (Wildman–Crippen MR) is 123 cm³/mol. The molecule has 0 saturated carbocycles. The van der Waals surface area contributed by atoms with Crippen molar-refractivity contribution in [1.82, 2.24) is 20.9 Å². The third-order valence-corrected chi connectivity index (χ3v) is 5.72. The number of ether oxygens (including phenoxy) is 1. The zero-order chi connectivity index (χ0) is 25.0. The Morgan fingerprint density at radius 1 is 1.29 bits per heavy atom. The van der Waals surface area contributed by atoms with Gasteiger partial charge < -0.3 is 25.7 Å². The molecule has 1 aromatic carbocycles. The molecule has 2 aromatic rings. The molecule has 0 radical (unpaired) electrons. The minimum atomic E-state index is -0.925. The van der Waals surface area contributed by atoms with Crippen LogP contribution < -0.4 is 20.7 Å². The van der Waals surface area contributed by atoms with Gasteiger partial charge in [0.05, 0.1) is 18.7 Å². The molecule has 10 heteroatoms. The summed E-state index contributed by atoms with van der Waals surface area (Å²) in [5, 5.41) is 18.2. The summed E-state index contributed by atoms with van der Waals surface area (Å²) in [5.74, 6) is -1.74. The molecule has 182 valence electrons. The Labute approximate surface area is 197 Å². The van der Waals surface area contributed by atoms with Crippen LogP contribution >= 0.6 is 0 Å². The van der Waals surface area contributed by atoms with Crippen molar-refractivity contribution >= 4 is 28.6 Å². The number of carbonyl (C=O) groups excluding carboxylic acids is 3. The lowest BCUT2D eigenvalue weighted by Gasteiger charge is -2.27. The third kappa shape index (κ3) is 6.04. The summed E-state index contributed by atoms with van der Waals surface area (Å²) < 4.78 is 19.0. The van der Waals surface area contributed by atoms with E-state index in [9.17, 15) is 24.0 Å². The Bertz CT molecular complexity index is 1130. The van der Waals surface area contributed by atoms with Gasteiger partial charge in [0.25, 0.3) is 5.91 Å². The number of aromatic nitrogens is 1. The molecule has 0 unspecified atom stereocenters. The van der Waals surface area contributed by atoms with E-state index in [1.165, 1.54) is 25.3 Å². The van der Waals surface area contributed by atoms with E-state index in [-0.39, 0.29) is 35.1 Å². The average molecular weight is 472 g/mol. The second-order valence-electron chi connectivity index (χ2n) is 9.75. The Hall–Kier alpha value is -3.61. The number of halogens is 1. The molecule has 34 heavy (non-hydrogen) atoms. The van der Waals surface area contributed by atoms with E-state index in [0.29, 0.717) is 30.3 Å². The Morgan fingerprint density at radius 3 is 2.62 bits per heavy atom. The molecule has 1 saturated heterocycles. The van der Waals surface area contributed by atoms with E-state index in [4.69, 9.17) is 4.74 Å². The fourth-order valence-electron chi connectivity index (χ4n) is 4.09. The Balaban J connectivity index is 1.77. The summed E-state index contributed by atoms with van der Waals surface area (Å²) in [6.07, 6.45) is 1.13. The van der Waals surface area contributed by atoms with Crippen molar-refractivity contribution in [2.24, 2.45) is 11.3 Å². The van der Waals surface area contributed by atoms with E-state index in [2.05, 4.69) is 20.9 Å². The van der Waals surface area contributed by atoms with Crippen molar-refractivity contribution in [1.29, 1.82) is 5.26 Å². The van der Waals surface area contributed by atoms with Gasteiger partial charge in [0.15, 0.2) is 0 Å². The first-order valence-electron chi connectivity index (χ1n) is 11.2. The first kappa shape index (κ1) is 25.0. The van der Waals surface area contributed by atoms with Gasteiger partial charge in [-0.1, -0.05) is 20.8 Å². The lowest BCUT2D eigenvalue weighted by atomic mass is 9.87. The van der Waals surface area contributed by atoms with Gasteiger partial charge >= 0.3 is 0 Å². The molecule has 1 aromatic heterocycles. The van der Waals surface area contributed by atoms with E-state index >= 15 is 0 Å². The van der Waals surface area contributed by atoms with Crippen LogP contribution in [-0.2, 0) is 9.59 Å². The highest BCUT2D eigenvalue weighted by molar-refractivity contribution is 6.01. The number of H-pyrrole nitrogens is 1. The topological polar surface area (TPSA) is 136 Å². The molecule has 1 aliphatic rings. The van der Waals surface area contributed by atoms with Crippen molar-refractivity contribution in [3.8, 4) is 11.8 Å². The highest BCUT2D eigenvalue weighted by atomic mass is 19.1. The van der Waals surface area contributed by atoms with Crippen molar-refractivity contribution in [3.05, 3.63) is 29.7 Å². The van der Waals surface area contributed by atoms with E-state index in [1.807, 2.05) is 26.8 Å². The molecule has 0 spiro atoms. The second-order valence-corrected chi connectivity index (χ2v) is 9.75. The first-order valence-corrected chi connectivity index (χ1v) is 11.2. The third-order valence-electron chi connectivity index (χ3n) is 5.72. The van der Waals surface area contributed by atoms with Gasteiger partial charge in [0, 0.05) is 23.9 Å². The van der Waals surface area contributed by atoms with Crippen LogP contribution in [0.4, 0.5) is 4.39 Å². The minimum absolute atomic E-state index is 0.125. The number of nitrogens with one attached hydrogen (secondary N) is 4. The molecule has 2 heterocycles. The van der Waals surface area contributed by atoms with Crippen molar-refractivity contribution in [2.45, 2.75) is 52.1 Å². The van der Waals surface area contributed by atoms with Gasteiger partial charge in [0.2, 0.25) is 11.8 Å². The summed E-state index contributed by atoms with van der Waals surface area (Å²) in [6.45, 7) is 6.35. The number of aromatic amines is 1. The minimum Gasteiger partial charge on any atom is -0.496 e. The number of methoxy groups -OCH3 is 1. The van der Waals surface area contributed by atoms with Crippen molar-refractivity contribution in [3.63, 3.8) is 0 Å². The fraction of sp³-hybridized carbons (Fsp3) is 0.500. The molecule has 1 fully saturated rings. The maximum absolute atomic E-state index is 13.8. The number of hydrogen-bond donors (Lipinski definition) is 4. The van der Waals surface area contributed by atoms with Crippen LogP contribution in [0.1, 0.15) is 50.5 Å². The largest absolute Gasteiger partial charge is 0.496 e. The maximum atomic E-state index is 13.8. The molecule has 3 atom stereocenters. The van der Waals surface area contributed by atoms with Gasteiger partial charge in [-0.05, 0) is 36.8 Å². The number of amides is 3. The van der Waals surface area contributed by atoms with Crippen molar-refractivity contribution in [2.75, 3.05) is 13.7 Å². The van der Waals surface area contributed by atoms with E-state index in [0.717, 1.165) is 0 Å². The zero-order valence-corrected chi connectivity index (χ0v) is 19.8. The number of nitriles is 1. The SMILES string of the molecule is COc1cc(F)cc2[nH]c(C(=O)N[C@@H](CC(C)(C)C)C(=O)N[C@H](C#N)C[C@@H]3CCNC3=O)cc12. The maximum Gasteiger partial charge on any atom is 0.268 e. The van der Waals surface area contributed by atoms with Gasteiger partial charge in [0.1, 0.15) is 29.3 Å². The highest BCUT2D eigenvalue weighted by Gasteiger charge is 2.32. The number of hydrogen-bond acceptors (Lipinski definition) is 5. The summed E-state index contributed by atoms with van der Waals surface area (Å²) in [6, 6.07) is 4.26. The molecule has 3 amide bonds. The molecule has 4 N–H and O–H groups in total. The molecule has 0 bridgehead atoms. The monoisotopic (exact) mass is 471 g/mol. The molecular formula is C24H30FN5O4. The number of rotatable bonds is 8. The summed E-state index contributed by atoms with van der Waals surface area (Å²) in [4.78, 5) is 40.8. The van der Waals surface area contributed by atoms with Gasteiger partial charge in [-0.25, -0.2) is 4.39 Å². The lowest BCUT2D eigenvalue weighted by Crippen LogP contribution is -2.51. The fourth-order valence-corrected chi connectivity index (χ4v) is 4.09. The standard InChI is InChI=1S/C24H30FN5O4/c1-24(2,3)11-19(23(33)28-15(12-26)7-13-5-6-27-21(13)31)30-22(32)18-10-16-17(29-18)8-14(25)9-20(16)34-4/h8-10,13,15,19,29H,5-7,11H2,1-4H3,(H,27,31)(H,28,33)(H,30,32)/t13-,15-,19-/m0/s1. The van der Waals surface area contributed by atoms with Gasteiger partial charge in [-0.2, -0.15) is 5.26 Å².